The van der Waals surface area contributed by atoms with Crippen LogP contribution in [0.15, 0.2) is 61.6 Å². The first kappa shape index (κ1) is 30.8. The zero-order valence-corrected chi connectivity index (χ0v) is 26.8. The van der Waals surface area contributed by atoms with E-state index in [-0.39, 0.29) is 5.91 Å². The van der Waals surface area contributed by atoms with Crippen molar-refractivity contribution in [3.63, 3.8) is 0 Å². The van der Waals surface area contributed by atoms with E-state index in [1.54, 1.807) is 30.5 Å². The summed E-state index contributed by atoms with van der Waals surface area (Å²) in [6, 6.07) is 9.24. The van der Waals surface area contributed by atoms with Crippen molar-refractivity contribution in [2.45, 2.75) is 0 Å². The molecule has 11 nitrogen and oxygen atoms in total. The molecule has 46 heavy (non-hydrogen) atoms. The number of imidazole rings is 1. The van der Waals surface area contributed by atoms with Crippen LogP contribution in [0.1, 0.15) is 0 Å². The average molecular weight is 659 g/mol. The fourth-order valence-electron chi connectivity index (χ4n) is 5.68. The van der Waals surface area contributed by atoms with Crippen molar-refractivity contribution in [3.8, 4) is 45.8 Å². The van der Waals surface area contributed by atoms with E-state index in [4.69, 9.17) is 42.4 Å². The van der Waals surface area contributed by atoms with Gasteiger partial charge in [-0.15, -0.1) is 0 Å². The molecule has 1 fully saturated rings. The summed E-state index contributed by atoms with van der Waals surface area (Å²) in [5.41, 5.74) is 5.26. The van der Waals surface area contributed by atoms with Gasteiger partial charge in [0.15, 0.2) is 6.19 Å². The summed E-state index contributed by atoms with van der Waals surface area (Å²) < 4.78 is 18.8. The SMILES string of the molecule is C=CC(=O)Nc1cc(-c2cc3c(cn2)cc(-c2c(Cl)c(OC)cc(OC)c2Cl)c2nccn23)c(OC)cc1N1CCN(C#N)CC1. The topological polar surface area (TPSA) is 117 Å². The minimum Gasteiger partial charge on any atom is -0.496 e. The molecule has 0 spiro atoms. The van der Waals surface area contributed by atoms with Gasteiger partial charge in [0.1, 0.15) is 22.9 Å². The Morgan fingerprint density at radius 2 is 1.65 bits per heavy atom. The van der Waals surface area contributed by atoms with Crippen LogP contribution < -0.4 is 24.4 Å². The highest BCUT2D eigenvalue weighted by Crippen LogP contribution is 2.48. The van der Waals surface area contributed by atoms with Gasteiger partial charge in [-0.2, -0.15) is 5.26 Å². The van der Waals surface area contributed by atoms with Gasteiger partial charge in [0, 0.05) is 79.0 Å². The van der Waals surface area contributed by atoms with Gasteiger partial charge in [0.25, 0.3) is 0 Å². The van der Waals surface area contributed by atoms with E-state index in [0.29, 0.717) is 87.2 Å². The number of carbonyl (C=O) groups is 1. The Morgan fingerprint density at radius 3 is 2.28 bits per heavy atom. The molecule has 1 N–H and O–H groups in total. The maximum Gasteiger partial charge on any atom is 0.247 e. The smallest absolute Gasteiger partial charge is 0.247 e. The number of aromatic nitrogens is 3. The Kier molecular flexibility index (Phi) is 8.49. The van der Waals surface area contributed by atoms with Crippen LogP contribution in [-0.2, 0) is 4.79 Å². The molecule has 2 aromatic carbocycles. The lowest BCUT2D eigenvalue weighted by Crippen LogP contribution is -2.44. The van der Waals surface area contributed by atoms with Crippen molar-refractivity contribution in [1.82, 2.24) is 19.3 Å². The van der Waals surface area contributed by atoms with E-state index in [0.717, 1.165) is 16.6 Å². The lowest BCUT2D eigenvalue weighted by atomic mass is 10.0. The molecule has 1 aliphatic heterocycles. The molecule has 234 valence electrons. The van der Waals surface area contributed by atoms with Crippen LogP contribution in [0.5, 0.6) is 17.2 Å². The quantitative estimate of drug-likeness (QED) is 0.152. The molecule has 0 unspecified atom stereocenters. The van der Waals surface area contributed by atoms with Gasteiger partial charge in [-0.25, -0.2) is 4.98 Å². The van der Waals surface area contributed by atoms with E-state index in [1.807, 2.05) is 34.9 Å². The number of nitrogens with one attached hydrogen (secondary N) is 1. The summed E-state index contributed by atoms with van der Waals surface area (Å²) in [6.07, 6.45) is 8.72. The normalized spacial score (nSPS) is 13.0. The number of nitriles is 1. The maximum atomic E-state index is 12.5. The number of carbonyl (C=O) groups excluding carboxylic acids is 1. The van der Waals surface area contributed by atoms with Crippen LogP contribution >= 0.6 is 23.2 Å². The number of rotatable bonds is 8. The number of fused-ring (bicyclic) bond motifs is 3. The fourth-order valence-corrected chi connectivity index (χ4v) is 6.38. The van der Waals surface area contributed by atoms with Crippen molar-refractivity contribution in [1.29, 1.82) is 5.26 Å². The Bertz CT molecular complexity index is 2020. The van der Waals surface area contributed by atoms with Crippen LogP contribution in [0.25, 0.3) is 38.9 Å². The number of methoxy groups -OCH3 is 3. The number of hydrogen-bond acceptors (Lipinski definition) is 9. The van der Waals surface area contributed by atoms with Crippen LogP contribution in [-0.4, -0.2) is 72.7 Å². The standard InChI is InChI=1S/C33H29Cl2N7O4/c1-5-29(43)39-23-13-20(26(44-2)15-25(23)41-10-8-40(18-36)9-11-41)22-14-24-19(17-38-22)12-21(33-37-6-7-42(24)33)30-31(34)27(45-3)16-28(46-4)32(30)35/h5-7,12-17H,1,8-11H2,2-4H3,(H,39,43). The van der Waals surface area contributed by atoms with E-state index < -0.39 is 0 Å². The third-order valence-electron chi connectivity index (χ3n) is 7.99. The number of anilines is 2. The van der Waals surface area contributed by atoms with Crippen LogP contribution in [0.2, 0.25) is 10.0 Å². The van der Waals surface area contributed by atoms with Crippen molar-refractivity contribution < 1.29 is 19.0 Å². The monoisotopic (exact) mass is 657 g/mol. The second-order valence-electron chi connectivity index (χ2n) is 10.4. The van der Waals surface area contributed by atoms with Gasteiger partial charge in [-0.1, -0.05) is 29.8 Å². The molecule has 0 aliphatic carbocycles. The number of ether oxygens (including phenoxy) is 3. The third-order valence-corrected chi connectivity index (χ3v) is 8.75. The average Bonchev–Trinajstić information content (AvgIpc) is 3.59. The van der Waals surface area contributed by atoms with Gasteiger partial charge < -0.3 is 29.3 Å². The first-order valence-electron chi connectivity index (χ1n) is 14.2. The molecule has 5 aromatic rings. The fraction of sp³-hybridized carbons (Fsp3) is 0.212. The molecule has 0 atom stereocenters. The number of halogens is 2. The molecule has 0 bridgehead atoms. The first-order valence-corrected chi connectivity index (χ1v) is 15.0. The van der Waals surface area contributed by atoms with E-state index in [2.05, 4.69) is 28.0 Å². The summed E-state index contributed by atoms with van der Waals surface area (Å²) in [7, 11) is 4.65. The van der Waals surface area contributed by atoms with Crippen LogP contribution in [0, 0.1) is 11.5 Å². The van der Waals surface area contributed by atoms with Crippen molar-refractivity contribution >= 4 is 57.0 Å². The number of amides is 1. The molecular formula is C33H29Cl2N7O4. The van der Waals surface area contributed by atoms with Crippen LogP contribution in [0.3, 0.4) is 0 Å². The minimum absolute atomic E-state index is 0.329. The Hall–Kier alpha value is -5.18. The summed E-state index contributed by atoms with van der Waals surface area (Å²) in [5, 5.41) is 13.7. The van der Waals surface area contributed by atoms with Crippen molar-refractivity contribution in [2.75, 3.05) is 57.7 Å². The zero-order valence-electron chi connectivity index (χ0n) is 25.3. The lowest BCUT2D eigenvalue weighted by Gasteiger charge is -2.34. The number of nitrogens with zero attached hydrogens (tertiary/aromatic N) is 6. The maximum absolute atomic E-state index is 12.5. The number of hydrogen-bond donors (Lipinski definition) is 1. The summed E-state index contributed by atoms with van der Waals surface area (Å²) in [4.78, 5) is 25.8. The predicted molar refractivity (Wildman–Crippen MR) is 179 cm³/mol. The minimum atomic E-state index is -0.348. The summed E-state index contributed by atoms with van der Waals surface area (Å²) >= 11 is 13.6. The van der Waals surface area contributed by atoms with E-state index in [1.165, 1.54) is 20.3 Å². The Morgan fingerprint density at radius 1 is 0.957 bits per heavy atom. The molecule has 6 rings (SSSR count). The molecule has 1 amide bonds. The second kappa shape index (κ2) is 12.7. The highest BCUT2D eigenvalue weighted by atomic mass is 35.5. The molecule has 3 aromatic heterocycles. The van der Waals surface area contributed by atoms with Crippen LogP contribution in [0.4, 0.5) is 11.4 Å². The van der Waals surface area contributed by atoms with Gasteiger partial charge >= 0.3 is 0 Å². The molecule has 13 heteroatoms. The molecule has 4 heterocycles. The Labute approximate surface area is 275 Å². The summed E-state index contributed by atoms with van der Waals surface area (Å²) in [6.45, 7) is 5.97. The van der Waals surface area contributed by atoms with Gasteiger partial charge in [0.05, 0.1) is 54.0 Å². The van der Waals surface area contributed by atoms with Gasteiger partial charge in [-0.3, -0.25) is 14.2 Å². The lowest BCUT2D eigenvalue weighted by molar-refractivity contribution is -0.111. The molecule has 0 radical (unpaired) electrons. The molecule has 1 aliphatic rings. The number of pyridine rings is 2. The van der Waals surface area contributed by atoms with Gasteiger partial charge in [0.2, 0.25) is 5.91 Å². The zero-order chi connectivity index (χ0) is 32.5. The van der Waals surface area contributed by atoms with Gasteiger partial charge in [-0.05, 0) is 24.3 Å². The van der Waals surface area contributed by atoms with E-state index in [9.17, 15) is 10.1 Å². The number of piperazine rings is 1. The predicted octanol–water partition coefficient (Wildman–Crippen LogP) is 6.28. The molecule has 0 saturated carbocycles. The van der Waals surface area contributed by atoms with E-state index >= 15 is 0 Å². The highest BCUT2D eigenvalue weighted by molar-refractivity contribution is 6.41. The first-order chi connectivity index (χ1) is 22.3. The Balaban J connectivity index is 1.51. The summed E-state index contributed by atoms with van der Waals surface area (Å²) in [5.74, 6) is 1.05. The number of benzene rings is 2. The highest BCUT2D eigenvalue weighted by Gasteiger charge is 2.25. The molecule has 1 saturated heterocycles. The molecular weight excluding hydrogens is 629 g/mol. The van der Waals surface area contributed by atoms with Crippen molar-refractivity contribution in [3.05, 3.63) is 71.6 Å². The van der Waals surface area contributed by atoms with Crippen molar-refractivity contribution in [2.24, 2.45) is 0 Å². The second-order valence-corrected chi connectivity index (χ2v) is 11.2. The largest absolute Gasteiger partial charge is 0.496 e. The third kappa shape index (κ3) is 5.36.